The third kappa shape index (κ3) is 3.47. The van der Waals surface area contributed by atoms with Crippen molar-refractivity contribution in [2.75, 3.05) is 39.4 Å². The normalized spacial score (nSPS) is 24.1. The molecule has 0 bridgehead atoms. The lowest BCUT2D eigenvalue weighted by Gasteiger charge is -2.36. The number of rotatable bonds is 2. The van der Waals surface area contributed by atoms with Gasteiger partial charge < -0.3 is 14.5 Å². The van der Waals surface area contributed by atoms with Crippen molar-refractivity contribution in [2.45, 2.75) is 38.5 Å². The Bertz CT molecular complexity index is 651. The van der Waals surface area contributed by atoms with E-state index in [-0.39, 0.29) is 17.7 Å². The van der Waals surface area contributed by atoms with Crippen LogP contribution in [-0.4, -0.2) is 61.0 Å². The molecule has 5 nitrogen and oxygen atoms in total. The quantitative estimate of drug-likeness (QED) is 0.811. The largest absolute Gasteiger partial charge is 0.378 e. The van der Waals surface area contributed by atoms with Crippen LogP contribution in [0.25, 0.3) is 0 Å². The van der Waals surface area contributed by atoms with E-state index in [0.29, 0.717) is 32.8 Å². The average Bonchev–Trinajstić information content (AvgIpc) is 3.12. The molecule has 2 aliphatic heterocycles. The van der Waals surface area contributed by atoms with Gasteiger partial charge in [0.15, 0.2) is 0 Å². The van der Waals surface area contributed by atoms with Crippen molar-refractivity contribution in [3.8, 4) is 0 Å². The van der Waals surface area contributed by atoms with Gasteiger partial charge in [0.25, 0.3) is 5.91 Å². The Kier molecular flexibility index (Phi) is 5.08. The van der Waals surface area contributed by atoms with Gasteiger partial charge in [-0.15, -0.1) is 11.3 Å². The second kappa shape index (κ2) is 7.46. The Morgan fingerprint density at radius 2 is 1.84 bits per heavy atom. The van der Waals surface area contributed by atoms with Crippen LogP contribution in [0, 0.1) is 5.92 Å². The summed E-state index contributed by atoms with van der Waals surface area (Å²) in [5.41, 5.74) is 2.18. The molecule has 0 aromatic carbocycles. The Morgan fingerprint density at radius 3 is 2.68 bits per heavy atom. The average molecular weight is 362 g/mol. The molecule has 2 saturated heterocycles. The number of thiophene rings is 1. The van der Waals surface area contributed by atoms with Crippen molar-refractivity contribution in [1.82, 2.24) is 9.80 Å². The first-order chi connectivity index (χ1) is 12.2. The van der Waals surface area contributed by atoms with Gasteiger partial charge in [-0.2, -0.15) is 0 Å². The van der Waals surface area contributed by atoms with Crippen molar-refractivity contribution >= 4 is 23.2 Å². The highest BCUT2D eigenvalue weighted by molar-refractivity contribution is 7.10. The van der Waals surface area contributed by atoms with E-state index in [9.17, 15) is 9.59 Å². The minimum atomic E-state index is -0.0507. The summed E-state index contributed by atoms with van der Waals surface area (Å²) in [5.74, 6) is 0.289. The summed E-state index contributed by atoms with van der Waals surface area (Å²) in [6.07, 6.45) is 6.37. The topological polar surface area (TPSA) is 49.9 Å². The number of aryl methyl sites for hydroxylation is 1. The Balaban J connectivity index is 1.44. The van der Waals surface area contributed by atoms with Gasteiger partial charge in [0.05, 0.1) is 24.7 Å². The summed E-state index contributed by atoms with van der Waals surface area (Å²) < 4.78 is 5.34. The van der Waals surface area contributed by atoms with Crippen molar-refractivity contribution < 1.29 is 14.3 Å². The maximum Gasteiger partial charge on any atom is 0.255 e. The number of amides is 2. The Labute approximate surface area is 152 Å². The number of fused-ring (bicyclic) bond motifs is 1. The zero-order chi connectivity index (χ0) is 17.2. The maximum atomic E-state index is 13.1. The van der Waals surface area contributed by atoms with Crippen LogP contribution in [0.3, 0.4) is 0 Å². The van der Waals surface area contributed by atoms with Crippen LogP contribution < -0.4 is 0 Å². The number of hydrogen-bond donors (Lipinski definition) is 0. The first kappa shape index (κ1) is 17.0. The molecule has 1 aromatic heterocycles. The number of carbonyl (C=O) groups is 2. The molecular weight excluding hydrogens is 336 g/mol. The van der Waals surface area contributed by atoms with E-state index in [1.165, 1.54) is 23.3 Å². The van der Waals surface area contributed by atoms with Crippen molar-refractivity contribution in [1.29, 1.82) is 0 Å². The van der Waals surface area contributed by atoms with E-state index in [0.717, 1.165) is 37.8 Å². The molecule has 1 unspecified atom stereocenters. The van der Waals surface area contributed by atoms with Gasteiger partial charge in [-0.3, -0.25) is 9.59 Å². The number of hydrogen-bond acceptors (Lipinski definition) is 4. The molecule has 1 aliphatic carbocycles. The fraction of sp³-hybridized carbons (Fsp3) is 0.684. The maximum absolute atomic E-state index is 13.1. The lowest BCUT2D eigenvalue weighted by Crippen LogP contribution is -2.49. The zero-order valence-electron chi connectivity index (χ0n) is 14.7. The van der Waals surface area contributed by atoms with Gasteiger partial charge in [0.1, 0.15) is 0 Å². The molecule has 136 valence electrons. The molecule has 6 heteroatoms. The second-order valence-corrected chi connectivity index (χ2v) is 8.25. The van der Waals surface area contributed by atoms with Gasteiger partial charge in [-0.25, -0.2) is 0 Å². The zero-order valence-corrected chi connectivity index (χ0v) is 15.5. The van der Waals surface area contributed by atoms with Gasteiger partial charge >= 0.3 is 0 Å². The predicted octanol–water partition coefficient (Wildman–Crippen LogP) is 2.34. The monoisotopic (exact) mass is 362 g/mol. The molecule has 3 aliphatic rings. The fourth-order valence-electron chi connectivity index (χ4n) is 4.25. The number of likely N-dealkylation sites (tertiary alicyclic amines) is 1. The highest BCUT2D eigenvalue weighted by Gasteiger charge is 2.33. The predicted molar refractivity (Wildman–Crippen MR) is 97.0 cm³/mol. The molecule has 0 spiro atoms. The van der Waals surface area contributed by atoms with Crippen molar-refractivity contribution in [3.05, 3.63) is 21.4 Å². The summed E-state index contributed by atoms with van der Waals surface area (Å²) in [6.45, 7) is 3.96. The summed E-state index contributed by atoms with van der Waals surface area (Å²) in [7, 11) is 0. The standard InChI is InChI=1S/C19H26N2O3S/c22-18(20-8-10-24-11-9-20)14-4-3-7-21(12-14)19(23)16-13-25-17-6-2-1-5-15(16)17/h13-14H,1-12H2. The SMILES string of the molecule is O=C(c1csc2c1CCCC2)N1CCCC(C(=O)N2CCOCC2)C1. The van der Waals surface area contributed by atoms with Gasteiger partial charge in [-0.1, -0.05) is 0 Å². The summed E-state index contributed by atoms with van der Waals surface area (Å²) in [6, 6.07) is 0. The lowest BCUT2D eigenvalue weighted by molar-refractivity contribution is -0.141. The molecule has 2 fully saturated rings. The van der Waals surface area contributed by atoms with Crippen molar-refractivity contribution in [2.24, 2.45) is 5.92 Å². The smallest absolute Gasteiger partial charge is 0.255 e. The van der Waals surface area contributed by atoms with E-state index < -0.39 is 0 Å². The Hall–Kier alpha value is -1.40. The molecule has 1 aromatic rings. The van der Waals surface area contributed by atoms with Gasteiger partial charge in [-0.05, 0) is 44.1 Å². The number of ether oxygens (including phenoxy) is 1. The van der Waals surface area contributed by atoms with Crippen LogP contribution >= 0.6 is 11.3 Å². The highest BCUT2D eigenvalue weighted by Crippen LogP contribution is 2.32. The second-order valence-electron chi connectivity index (χ2n) is 7.29. The molecule has 0 N–H and O–H groups in total. The van der Waals surface area contributed by atoms with E-state index in [4.69, 9.17) is 4.74 Å². The molecule has 0 radical (unpaired) electrons. The van der Waals surface area contributed by atoms with E-state index >= 15 is 0 Å². The third-order valence-electron chi connectivity index (χ3n) is 5.67. The molecule has 25 heavy (non-hydrogen) atoms. The minimum absolute atomic E-state index is 0.0507. The Morgan fingerprint density at radius 1 is 1.04 bits per heavy atom. The van der Waals surface area contributed by atoms with E-state index in [1.807, 2.05) is 15.2 Å². The van der Waals surface area contributed by atoms with Crippen LogP contribution in [0.2, 0.25) is 0 Å². The minimum Gasteiger partial charge on any atom is -0.378 e. The summed E-state index contributed by atoms with van der Waals surface area (Å²) >= 11 is 1.74. The molecule has 4 rings (SSSR count). The number of morpholine rings is 1. The van der Waals surface area contributed by atoms with Gasteiger partial charge in [0.2, 0.25) is 5.91 Å². The molecule has 1 atom stereocenters. The van der Waals surface area contributed by atoms with Crippen LogP contribution in [0.15, 0.2) is 5.38 Å². The van der Waals surface area contributed by atoms with Crippen LogP contribution in [-0.2, 0) is 22.4 Å². The van der Waals surface area contributed by atoms with Crippen molar-refractivity contribution in [3.63, 3.8) is 0 Å². The van der Waals surface area contributed by atoms with Crippen LogP contribution in [0.4, 0.5) is 0 Å². The van der Waals surface area contributed by atoms with Crippen LogP contribution in [0.1, 0.15) is 46.5 Å². The summed E-state index contributed by atoms with van der Waals surface area (Å²) in [5, 5.41) is 2.05. The third-order valence-corrected chi connectivity index (χ3v) is 6.76. The van der Waals surface area contributed by atoms with Gasteiger partial charge in [0, 0.05) is 36.4 Å². The first-order valence-corrected chi connectivity index (χ1v) is 10.4. The number of piperidine rings is 1. The first-order valence-electron chi connectivity index (χ1n) is 9.49. The molecule has 0 saturated carbocycles. The molecule has 3 heterocycles. The fourth-order valence-corrected chi connectivity index (χ4v) is 5.37. The van der Waals surface area contributed by atoms with Crippen LogP contribution in [0.5, 0.6) is 0 Å². The number of nitrogens with zero attached hydrogens (tertiary/aromatic N) is 2. The number of carbonyl (C=O) groups excluding carboxylic acids is 2. The van der Waals surface area contributed by atoms with E-state index in [1.54, 1.807) is 11.3 Å². The van der Waals surface area contributed by atoms with E-state index in [2.05, 4.69) is 0 Å². The summed E-state index contributed by atoms with van der Waals surface area (Å²) in [4.78, 5) is 31.1. The molecular formula is C19H26N2O3S. The molecule has 2 amide bonds. The lowest BCUT2D eigenvalue weighted by atomic mass is 9.93. The highest BCUT2D eigenvalue weighted by atomic mass is 32.1.